The predicted octanol–water partition coefficient (Wildman–Crippen LogP) is 2.16. The van der Waals surface area contributed by atoms with Crippen molar-refractivity contribution >= 4 is 0 Å². The molecule has 0 atom stereocenters. The largest absolute Gasteiger partial charge is 0.365 e. The SMILES string of the molecule is CC#CCOC/C=C/C=C/C. The Morgan fingerprint density at radius 2 is 2.18 bits per heavy atom. The van der Waals surface area contributed by atoms with Crippen molar-refractivity contribution in [2.75, 3.05) is 13.2 Å². The molecule has 0 aliphatic heterocycles. The summed E-state index contributed by atoms with van der Waals surface area (Å²) in [5.41, 5.74) is 0. The molecule has 0 heterocycles. The Balaban J connectivity index is 3.18. The van der Waals surface area contributed by atoms with Crippen molar-refractivity contribution in [3.63, 3.8) is 0 Å². The molecule has 1 nitrogen and oxygen atoms in total. The maximum atomic E-state index is 5.13. The van der Waals surface area contributed by atoms with Crippen molar-refractivity contribution < 1.29 is 4.74 Å². The van der Waals surface area contributed by atoms with Crippen molar-refractivity contribution in [3.8, 4) is 11.8 Å². The van der Waals surface area contributed by atoms with Gasteiger partial charge in [0.2, 0.25) is 0 Å². The summed E-state index contributed by atoms with van der Waals surface area (Å²) >= 11 is 0. The Labute approximate surface area is 68.8 Å². The fraction of sp³-hybridized carbons (Fsp3) is 0.400. The zero-order valence-corrected chi connectivity index (χ0v) is 7.13. The molecule has 0 radical (unpaired) electrons. The van der Waals surface area contributed by atoms with Crippen LogP contribution in [0, 0.1) is 11.8 Å². The Hall–Kier alpha value is -1.00. The van der Waals surface area contributed by atoms with Crippen molar-refractivity contribution in [2.45, 2.75) is 13.8 Å². The summed E-state index contributed by atoms with van der Waals surface area (Å²) in [5.74, 6) is 5.57. The molecule has 0 aliphatic rings. The Bertz CT molecular complexity index is 179. The Kier molecular flexibility index (Phi) is 8.18. The molecule has 0 fully saturated rings. The summed E-state index contributed by atoms with van der Waals surface area (Å²) in [6, 6.07) is 0. The highest BCUT2D eigenvalue weighted by Gasteiger charge is 1.74. The molecule has 60 valence electrons. The number of rotatable bonds is 4. The second-order valence-corrected chi connectivity index (χ2v) is 1.90. The molecule has 0 rings (SSSR count). The van der Waals surface area contributed by atoms with Crippen LogP contribution in [0.1, 0.15) is 13.8 Å². The Morgan fingerprint density at radius 3 is 2.82 bits per heavy atom. The molecular formula is C10H14O. The van der Waals surface area contributed by atoms with E-state index in [0.717, 1.165) is 0 Å². The summed E-state index contributed by atoms with van der Waals surface area (Å²) in [7, 11) is 0. The van der Waals surface area contributed by atoms with Crippen molar-refractivity contribution in [3.05, 3.63) is 24.3 Å². The molecule has 0 aromatic heterocycles. The van der Waals surface area contributed by atoms with Crippen molar-refractivity contribution in [2.24, 2.45) is 0 Å². The van der Waals surface area contributed by atoms with Gasteiger partial charge in [-0.1, -0.05) is 30.2 Å². The molecule has 0 unspecified atom stereocenters. The van der Waals surface area contributed by atoms with E-state index in [1.54, 1.807) is 6.92 Å². The predicted molar refractivity (Wildman–Crippen MR) is 48.2 cm³/mol. The molecule has 0 bridgehead atoms. The van der Waals surface area contributed by atoms with Crippen LogP contribution in [0.25, 0.3) is 0 Å². The van der Waals surface area contributed by atoms with Crippen LogP contribution < -0.4 is 0 Å². The molecule has 0 aromatic carbocycles. The maximum absolute atomic E-state index is 5.13. The molecule has 1 heteroatoms. The van der Waals surface area contributed by atoms with Gasteiger partial charge in [-0.25, -0.2) is 0 Å². The zero-order chi connectivity index (χ0) is 8.36. The summed E-state index contributed by atoms with van der Waals surface area (Å²) in [6.07, 6.45) is 7.86. The van der Waals surface area contributed by atoms with Crippen LogP contribution in [0.3, 0.4) is 0 Å². The standard InChI is InChI=1S/C10H14O/c1-3-5-7-8-10-11-9-6-4-2/h3,5,7-8H,9-10H2,1-2H3/b5-3+,8-7+. The van der Waals surface area contributed by atoms with E-state index >= 15 is 0 Å². The van der Waals surface area contributed by atoms with Crippen LogP contribution in [-0.4, -0.2) is 13.2 Å². The van der Waals surface area contributed by atoms with Gasteiger partial charge in [-0.2, -0.15) is 0 Å². The van der Waals surface area contributed by atoms with Gasteiger partial charge in [-0.3, -0.25) is 0 Å². The third-order valence-electron chi connectivity index (χ3n) is 1.00. The highest BCUT2D eigenvalue weighted by Crippen LogP contribution is 1.78. The lowest BCUT2D eigenvalue weighted by atomic mass is 10.4. The van der Waals surface area contributed by atoms with Gasteiger partial charge in [0.15, 0.2) is 0 Å². The van der Waals surface area contributed by atoms with Gasteiger partial charge in [0.25, 0.3) is 0 Å². The lowest BCUT2D eigenvalue weighted by Gasteiger charge is -1.90. The smallest absolute Gasteiger partial charge is 0.108 e. The summed E-state index contributed by atoms with van der Waals surface area (Å²) < 4.78 is 5.13. The van der Waals surface area contributed by atoms with E-state index < -0.39 is 0 Å². The van der Waals surface area contributed by atoms with E-state index in [2.05, 4.69) is 11.8 Å². The second kappa shape index (κ2) is 9.00. The minimum atomic E-state index is 0.524. The van der Waals surface area contributed by atoms with E-state index in [9.17, 15) is 0 Å². The summed E-state index contributed by atoms with van der Waals surface area (Å²) in [4.78, 5) is 0. The molecular weight excluding hydrogens is 136 g/mol. The summed E-state index contributed by atoms with van der Waals surface area (Å²) in [6.45, 7) is 4.95. The molecule has 0 saturated heterocycles. The van der Waals surface area contributed by atoms with Crippen LogP contribution in [0.4, 0.5) is 0 Å². The van der Waals surface area contributed by atoms with E-state index in [1.807, 2.05) is 31.2 Å². The van der Waals surface area contributed by atoms with Gasteiger partial charge in [-0.15, -0.1) is 5.92 Å². The number of ether oxygens (including phenoxy) is 1. The monoisotopic (exact) mass is 150 g/mol. The van der Waals surface area contributed by atoms with E-state index in [1.165, 1.54) is 0 Å². The molecule has 0 N–H and O–H groups in total. The highest BCUT2D eigenvalue weighted by atomic mass is 16.5. The van der Waals surface area contributed by atoms with Crippen LogP contribution >= 0.6 is 0 Å². The third kappa shape index (κ3) is 9.00. The van der Waals surface area contributed by atoms with Gasteiger partial charge in [0.1, 0.15) is 6.61 Å². The van der Waals surface area contributed by atoms with Gasteiger partial charge in [-0.05, 0) is 13.8 Å². The number of hydrogen-bond acceptors (Lipinski definition) is 1. The van der Waals surface area contributed by atoms with Crippen molar-refractivity contribution in [1.29, 1.82) is 0 Å². The zero-order valence-electron chi connectivity index (χ0n) is 7.13. The molecule has 0 aliphatic carbocycles. The van der Waals surface area contributed by atoms with Gasteiger partial charge >= 0.3 is 0 Å². The summed E-state index contributed by atoms with van der Waals surface area (Å²) in [5, 5.41) is 0. The van der Waals surface area contributed by atoms with E-state index in [-0.39, 0.29) is 0 Å². The average Bonchev–Trinajstić information content (AvgIpc) is 2.03. The van der Waals surface area contributed by atoms with Gasteiger partial charge in [0.05, 0.1) is 6.61 Å². The fourth-order valence-electron chi connectivity index (χ4n) is 0.495. The average molecular weight is 150 g/mol. The second-order valence-electron chi connectivity index (χ2n) is 1.90. The first-order valence-corrected chi connectivity index (χ1v) is 3.67. The minimum Gasteiger partial charge on any atom is -0.365 e. The fourth-order valence-corrected chi connectivity index (χ4v) is 0.495. The number of allylic oxidation sites excluding steroid dienone is 3. The van der Waals surface area contributed by atoms with E-state index in [0.29, 0.717) is 13.2 Å². The first-order chi connectivity index (χ1) is 5.41. The van der Waals surface area contributed by atoms with Crippen LogP contribution in [0.2, 0.25) is 0 Å². The molecule has 0 amide bonds. The normalized spacial score (nSPS) is 10.4. The first kappa shape index (κ1) is 10.0. The van der Waals surface area contributed by atoms with E-state index in [4.69, 9.17) is 4.74 Å². The van der Waals surface area contributed by atoms with Crippen molar-refractivity contribution in [1.82, 2.24) is 0 Å². The first-order valence-electron chi connectivity index (χ1n) is 3.67. The highest BCUT2D eigenvalue weighted by molar-refractivity contribution is 5.01. The molecule has 11 heavy (non-hydrogen) atoms. The quantitative estimate of drug-likeness (QED) is 0.339. The van der Waals surface area contributed by atoms with Crippen LogP contribution in [-0.2, 0) is 4.74 Å². The molecule has 0 saturated carbocycles. The van der Waals surface area contributed by atoms with Crippen LogP contribution in [0.5, 0.6) is 0 Å². The van der Waals surface area contributed by atoms with Gasteiger partial charge in [0, 0.05) is 0 Å². The minimum absolute atomic E-state index is 0.524. The topological polar surface area (TPSA) is 9.23 Å². The number of hydrogen-bond donors (Lipinski definition) is 0. The lowest BCUT2D eigenvalue weighted by Crippen LogP contribution is -1.89. The Morgan fingerprint density at radius 1 is 1.36 bits per heavy atom. The van der Waals surface area contributed by atoms with Gasteiger partial charge < -0.3 is 4.74 Å². The molecule has 0 spiro atoms. The third-order valence-corrected chi connectivity index (χ3v) is 1.00. The van der Waals surface area contributed by atoms with Crippen LogP contribution in [0.15, 0.2) is 24.3 Å². The lowest BCUT2D eigenvalue weighted by molar-refractivity contribution is 0.199. The maximum Gasteiger partial charge on any atom is 0.108 e. The molecule has 0 aromatic rings.